The zero-order chi connectivity index (χ0) is 16.2. The molecule has 114 valence electrons. The number of benzene rings is 1. The Balaban J connectivity index is 2.16. The summed E-state index contributed by atoms with van der Waals surface area (Å²) in [6.45, 7) is 1.93. The lowest BCUT2D eigenvalue weighted by Gasteiger charge is -2.15. The van der Waals surface area contributed by atoms with E-state index in [4.69, 9.17) is 5.26 Å². The molecule has 1 unspecified atom stereocenters. The van der Waals surface area contributed by atoms with Crippen LogP contribution in [0.1, 0.15) is 24.2 Å². The van der Waals surface area contributed by atoms with Gasteiger partial charge in [-0.15, -0.1) is 0 Å². The van der Waals surface area contributed by atoms with E-state index in [1.54, 1.807) is 42.5 Å². The van der Waals surface area contributed by atoms with Gasteiger partial charge in [0.15, 0.2) is 0 Å². The standard InChI is InChI=1S/C15H16N4O2S/c1-11(18-15-5-3-4-13(10-16)19-15)12-6-8-14(9-7-12)22(20,21)17-2/h3-9,11,17H,1-2H3,(H,18,19). The van der Waals surface area contributed by atoms with Gasteiger partial charge in [-0.1, -0.05) is 18.2 Å². The van der Waals surface area contributed by atoms with Gasteiger partial charge in [-0.25, -0.2) is 18.1 Å². The predicted molar refractivity (Wildman–Crippen MR) is 83.7 cm³/mol. The predicted octanol–water partition coefficient (Wildman–Crippen LogP) is 2.03. The van der Waals surface area contributed by atoms with Gasteiger partial charge in [0, 0.05) is 6.04 Å². The Labute approximate surface area is 129 Å². The molecule has 0 saturated heterocycles. The van der Waals surface area contributed by atoms with Crippen LogP contribution in [-0.2, 0) is 10.0 Å². The minimum atomic E-state index is -3.43. The number of nitrogens with zero attached hydrogens (tertiary/aromatic N) is 2. The molecule has 0 bridgehead atoms. The van der Waals surface area contributed by atoms with Crippen LogP contribution in [0, 0.1) is 11.3 Å². The fourth-order valence-electron chi connectivity index (χ4n) is 1.94. The summed E-state index contributed by atoms with van der Waals surface area (Å²) < 4.78 is 25.6. The summed E-state index contributed by atoms with van der Waals surface area (Å²) in [5.41, 5.74) is 1.26. The second-order valence-corrected chi connectivity index (χ2v) is 6.55. The Morgan fingerprint density at radius 1 is 1.18 bits per heavy atom. The quantitative estimate of drug-likeness (QED) is 0.880. The number of hydrogen-bond donors (Lipinski definition) is 2. The molecule has 6 nitrogen and oxygen atoms in total. The molecule has 0 radical (unpaired) electrons. The number of aromatic nitrogens is 1. The van der Waals surface area contributed by atoms with Gasteiger partial charge in [-0.3, -0.25) is 0 Å². The molecule has 7 heteroatoms. The maximum absolute atomic E-state index is 11.7. The second-order valence-electron chi connectivity index (χ2n) is 4.66. The minimum absolute atomic E-state index is 0.0761. The third-order valence-electron chi connectivity index (χ3n) is 3.19. The van der Waals surface area contributed by atoms with Crippen molar-refractivity contribution in [1.82, 2.24) is 9.71 Å². The van der Waals surface area contributed by atoms with Crippen molar-refractivity contribution in [3.05, 3.63) is 53.7 Å². The van der Waals surface area contributed by atoms with Crippen LogP contribution in [0.2, 0.25) is 0 Å². The molecule has 2 rings (SSSR count). The molecule has 0 aliphatic carbocycles. The van der Waals surface area contributed by atoms with Crippen LogP contribution in [0.5, 0.6) is 0 Å². The number of anilines is 1. The second kappa shape index (κ2) is 6.56. The molecule has 2 N–H and O–H groups in total. The molecule has 22 heavy (non-hydrogen) atoms. The van der Waals surface area contributed by atoms with Crippen molar-refractivity contribution in [3.63, 3.8) is 0 Å². The van der Waals surface area contributed by atoms with E-state index < -0.39 is 10.0 Å². The van der Waals surface area contributed by atoms with Gasteiger partial charge in [0.1, 0.15) is 17.6 Å². The third kappa shape index (κ3) is 3.61. The van der Waals surface area contributed by atoms with Gasteiger partial charge in [0.25, 0.3) is 0 Å². The van der Waals surface area contributed by atoms with Crippen LogP contribution in [0.4, 0.5) is 5.82 Å². The summed E-state index contributed by atoms with van der Waals surface area (Å²) >= 11 is 0. The molecule has 1 heterocycles. The molecule has 1 atom stereocenters. The lowest BCUT2D eigenvalue weighted by molar-refractivity contribution is 0.588. The van der Waals surface area contributed by atoms with Crippen molar-refractivity contribution in [3.8, 4) is 6.07 Å². The lowest BCUT2D eigenvalue weighted by atomic mass is 10.1. The molecule has 2 aromatic rings. The van der Waals surface area contributed by atoms with Gasteiger partial charge >= 0.3 is 0 Å². The van der Waals surface area contributed by atoms with Crippen LogP contribution in [0.3, 0.4) is 0 Å². The van der Waals surface area contributed by atoms with Gasteiger partial charge in [-0.2, -0.15) is 5.26 Å². The molecular weight excluding hydrogens is 300 g/mol. The largest absolute Gasteiger partial charge is 0.364 e. The highest BCUT2D eigenvalue weighted by molar-refractivity contribution is 7.89. The number of nitriles is 1. The number of hydrogen-bond acceptors (Lipinski definition) is 5. The Kier molecular flexibility index (Phi) is 4.75. The molecule has 0 saturated carbocycles. The summed E-state index contributed by atoms with van der Waals surface area (Å²) in [5.74, 6) is 0.596. The van der Waals surface area contributed by atoms with E-state index in [-0.39, 0.29) is 10.9 Å². The van der Waals surface area contributed by atoms with Gasteiger partial charge < -0.3 is 5.32 Å². The molecule has 0 fully saturated rings. The normalized spacial score (nSPS) is 12.4. The van der Waals surface area contributed by atoms with E-state index >= 15 is 0 Å². The maximum atomic E-state index is 11.7. The Bertz CT molecular complexity index is 795. The first-order valence-corrected chi connectivity index (χ1v) is 8.12. The van der Waals surface area contributed by atoms with Crippen molar-refractivity contribution >= 4 is 15.8 Å². The Morgan fingerprint density at radius 2 is 1.86 bits per heavy atom. The maximum Gasteiger partial charge on any atom is 0.240 e. The Hall–Kier alpha value is -2.43. The number of pyridine rings is 1. The summed E-state index contributed by atoms with van der Waals surface area (Å²) in [6, 6.07) is 13.7. The molecule has 1 aromatic heterocycles. The van der Waals surface area contributed by atoms with E-state index in [1.807, 2.05) is 13.0 Å². The van der Waals surface area contributed by atoms with Gasteiger partial charge in [0.2, 0.25) is 10.0 Å². The van der Waals surface area contributed by atoms with Crippen LogP contribution in [-0.4, -0.2) is 20.4 Å². The van der Waals surface area contributed by atoms with Crippen LogP contribution < -0.4 is 10.0 Å². The first-order chi connectivity index (χ1) is 10.5. The number of rotatable bonds is 5. The van der Waals surface area contributed by atoms with Crippen molar-refractivity contribution in [2.24, 2.45) is 0 Å². The van der Waals surface area contributed by atoms with E-state index in [1.165, 1.54) is 7.05 Å². The summed E-state index contributed by atoms with van der Waals surface area (Å²) in [7, 11) is -2.05. The highest BCUT2D eigenvalue weighted by Crippen LogP contribution is 2.20. The monoisotopic (exact) mass is 316 g/mol. The van der Waals surface area contributed by atoms with Crippen molar-refractivity contribution in [2.75, 3.05) is 12.4 Å². The molecule has 0 amide bonds. The number of sulfonamides is 1. The number of nitrogens with one attached hydrogen (secondary N) is 2. The highest BCUT2D eigenvalue weighted by Gasteiger charge is 2.12. The average Bonchev–Trinajstić information content (AvgIpc) is 2.55. The van der Waals surface area contributed by atoms with E-state index in [0.717, 1.165) is 5.56 Å². The minimum Gasteiger partial charge on any atom is -0.364 e. The van der Waals surface area contributed by atoms with Gasteiger partial charge in [0.05, 0.1) is 4.90 Å². The summed E-state index contributed by atoms with van der Waals surface area (Å²) in [5, 5.41) is 12.0. The van der Waals surface area contributed by atoms with Crippen molar-refractivity contribution in [2.45, 2.75) is 17.9 Å². The van der Waals surface area contributed by atoms with Crippen molar-refractivity contribution < 1.29 is 8.42 Å². The summed E-state index contributed by atoms with van der Waals surface area (Å²) in [4.78, 5) is 4.37. The van der Waals surface area contributed by atoms with E-state index in [9.17, 15) is 8.42 Å². The first kappa shape index (κ1) is 15.9. The topological polar surface area (TPSA) is 94.9 Å². The van der Waals surface area contributed by atoms with Crippen LogP contribution in [0.25, 0.3) is 0 Å². The molecule has 0 aliphatic rings. The smallest absolute Gasteiger partial charge is 0.240 e. The van der Waals surface area contributed by atoms with Crippen molar-refractivity contribution in [1.29, 1.82) is 5.26 Å². The molecular formula is C15H16N4O2S. The van der Waals surface area contributed by atoms with Crippen LogP contribution in [0.15, 0.2) is 47.4 Å². The van der Waals surface area contributed by atoms with Crippen LogP contribution >= 0.6 is 0 Å². The lowest BCUT2D eigenvalue weighted by Crippen LogP contribution is -2.18. The highest BCUT2D eigenvalue weighted by atomic mass is 32.2. The fourth-order valence-corrected chi connectivity index (χ4v) is 2.67. The fraction of sp³-hybridized carbons (Fsp3) is 0.200. The zero-order valence-corrected chi connectivity index (χ0v) is 13.1. The average molecular weight is 316 g/mol. The third-order valence-corrected chi connectivity index (χ3v) is 4.62. The van der Waals surface area contributed by atoms with E-state index in [2.05, 4.69) is 15.0 Å². The zero-order valence-electron chi connectivity index (χ0n) is 12.2. The van der Waals surface area contributed by atoms with Gasteiger partial charge in [-0.05, 0) is 43.8 Å². The van der Waals surface area contributed by atoms with E-state index in [0.29, 0.717) is 11.5 Å². The Morgan fingerprint density at radius 3 is 2.45 bits per heavy atom. The SMILES string of the molecule is CNS(=O)(=O)c1ccc(C(C)Nc2cccc(C#N)n2)cc1. The molecule has 1 aromatic carbocycles. The summed E-state index contributed by atoms with van der Waals surface area (Å²) in [6.07, 6.45) is 0. The first-order valence-electron chi connectivity index (χ1n) is 6.63. The molecule has 0 spiro atoms. The molecule has 0 aliphatic heterocycles.